The molecular formula is C21H23F7N4O3. The van der Waals surface area contributed by atoms with Crippen molar-refractivity contribution in [1.82, 2.24) is 14.7 Å². The summed E-state index contributed by atoms with van der Waals surface area (Å²) in [5.41, 5.74) is -3.16. The predicted octanol–water partition coefficient (Wildman–Crippen LogP) is 4.25. The fourth-order valence-electron chi connectivity index (χ4n) is 4.58. The zero-order valence-corrected chi connectivity index (χ0v) is 19.3. The number of hydrogen-bond donors (Lipinski definition) is 1. The SMILES string of the molecule is COc1c([C@H]2[C@H](C(=O)Nc3cn(C(F)F)nc3C)N(C)[C@@](C)(C(F)(F)F)[C@H]2OC)ccc(F)c1F. The first-order valence-corrected chi connectivity index (χ1v) is 10.2. The maximum atomic E-state index is 14.5. The van der Waals surface area contributed by atoms with Gasteiger partial charge in [0, 0.05) is 18.6 Å². The number of hydrogen-bond acceptors (Lipinski definition) is 5. The molecule has 2 heterocycles. The summed E-state index contributed by atoms with van der Waals surface area (Å²) in [4.78, 5) is 14.1. The molecule has 0 spiro atoms. The fourth-order valence-corrected chi connectivity index (χ4v) is 4.58. The average Bonchev–Trinajstić information content (AvgIpc) is 3.25. The van der Waals surface area contributed by atoms with Gasteiger partial charge in [-0.1, -0.05) is 6.07 Å². The van der Waals surface area contributed by atoms with E-state index in [1.54, 1.807) is 0 Å². The van der Waals surface area contributed by atoms with Gasteiger partial charge < -0.3 is 14.8 Å². The van der Waals surface area contributed by atoms with E-state index in [9.17, 15) is 35.5 Å². The van der Waals surface area contributed by atoms with Gasteiger partial charge in [-0.3, -0.25) is 9.69 Å². The van der Waals surface area contributed by atoms with E-state index in [2.05, 4.69) is 10.4 Å². The van der Waals surface area contributed by atoms with Crippen LogP contribution in [0.5, 0.6) is 5.75 Å². The Morgan fingerprint density at radius 1 is 1.23 bits per heavy atom. The first-order valence-electron chi connectivity index (χ1n) is 10.2. The van der Waals surface area contributed by atoms with Gasteiger partial charge in [0.25, 0.3) is 0 Å². The number of nitrogens with zero attached hydrogens (tertiary/aromatic N) is 3. The summed E-state index contributed by atoms with van der Waals surface area (Å²) in [6.07, 6.45) is -5.87. The Labute approximate surface area is 195 Å². The molecule has 0 unspecified atom stereocenters. The number of halogens is 7. The summed E-state index contributed by atoms with van der Waals surface area (Å²) in [7, 11) is 3.03. The summed E-state index contributed by atoms with van der Waals surface area (Å²) in [6.45, 7) is -0.881. The lowest BCUT2D eigenvalue weighted by atomic mass is 9.82. The van der Waals surface area contributed by atoms with Crippen molar-refractivity contribution in [2.45, 2.75) is 50.2 Å². The minimum absolute atomic E-state index is 0.0110. The molecule has 35 heavy (non-hydrogen) atoms. The van der Waals surface area contributed by atoms with Crippen LogP contribution in [0.2, 0.25) is 0 Å². The van der Waals surface area contributed by atoms with Crippen LogP contribution in [0, 0.1) is 18.6 Å². The topological polar surface area (TPSA) is 68.6 Å². The van der Waals surface area contributed by atoms with Gasteiger partial charge in [-0.2, -0.15) is 31.4 Å². The molecule has 7 nitrogen and oxygen atoms in total. The van der Waals surface area contributed by atoms with Crippen molar-refractivity contribution >= 4 is 11.6 Å². The van der Waals surface area contributed by atoms with Crippen molar-refractivity contribution in [3.8, 4) is 5.75 Å². The number of likely N-dealkylation sites (N-methyl/N-ethyl adjacent to an activating group) is 1. The van der Waals surface area contributed by atoms with E-state index in [0.717, 1.165) is 45.4 Å². The van der Waals surface area contributed by atoms with Crippen molar-refractivity contribution in [2.75, 3.05) is 26.6 Å². The maximum Gasteiger partial charge on any atom is 0.409 e. The number of amides is 1. The fraction of sp³-hybridized carbons (Fsp3) is 0.524. The Morgan fingerprint density at radius 3 is 2.34 bits per heavy atom. The Bertz CT molecular complexity index is 1110. The van der Waals surface area contributed by atoms with Gasteiger partial charge >= 0.3 is 12.7 Å². The van der Waals surface area contributed by atoms with Gasteiger partial charge in [0.1, 0.15) is 5.54 Å². The van der Waals surface area contributed by atoms with Crippen LogP contribution in [0.25, 0.3) is 0 Å². The molecule has 0 bridgehead atoms. The first kappa shape index (κ1) is 26.7. The highest BCUT2D eigenvalue weighted by Crippen LogP contribution is 2.53. The molecule has 194 valence electrons. The number of methoxy groups -OCH3 is 2. The number of aryl methyl sites for hydroxylation is 1. The van der Waals surface area contributed by atoms with Gasteiger partial charge in [0.05, 0.1) is 36.8 Å². The maximum absolute atomic E-state index is 14.5. The molecule has 1 aliphatic rings. The molecule has 0 saturated carbocycles. The molecule has 0 aliphatic carbocycles. The molecule has 1 N–H and O–H groups in total. The number of likely N-dealkylation sites (tertiary alicyclic amines) is 1. The molecule has 3 rings (SSSR count). The van der Waals surface area contributed by atoms with Crippen LogP contribution in [0.15, 0.2) is 18.3 Å². The number of ether oxygens (including phenoxy) is 2. The second kappa shape index (κ2) is 9.30. The second-order valence-electron chi connectivity index (χ2n) is 8.24. The van der Waals surface area contributed by atoms with Crippen molar-refractivity contribution < 1.29 is 45.0 Å². The lowest BCUT2D eigenvalue weighted by molar-refractivity contribution is -0.240. The standard InChI is InChI=1S/C21H23F7N4O3/c1-9-12(8-32(30-9)19(24)25)29-18(33)15-13(10-6-7-11(22)14(23)16(10)34-4)17(35-5)20(2,31(15)3)21(26,27)28/h6-8,13,15,17,19H,1-5H3,(H,29,33)/t13-,15+,17-,20+/m0/s1. The van der Waals surface area contributed by atoms with Gasteiger partial charge in [0.15, 0.2) is 11.6 Å². The summed E-state index contributed by atoms with van der Waals surface area (Å²) >= 11 is 0. The number of benzene rings is 1. The molecule has 2 aromatic rings. The number of carbonyl (C=O) groups is 1. The molecule has 1 fully saturated rings. The van der Waals surface area contributed by atoms with Crippen molar-refractivity contribution in [1.29, 1.82) is 0 Å². The van der Waals surface area contributed by atoms with Gasteiger partial charge in [0.2, 0.25) is 11.7 Å². The van der Waals surface area contributed by atoms with Gasteiger partial charge in [-0.05, 0) is 27.0 Å². The van der Waals surface area contributed by atoms with E-state index in [1.807, 2.05) is 0 Å². The normalized spacial score (nSPS) is 25.3. The molecule has 1 aromatic heterocycles. The third kappa shape index (κ3) is 4.22. The Hall–Kier alpha value is -2.87. The van der Waals surface area contributed by atoms with E-state index in [1.165, 1.54) is 6.92 Å². The number of alkyl halides is 5. The number of aromatic nitrogens is 2. The molecule has 14 heteroatoms. The van der Waals surface area contributed by atoms with E-state index in [0.29, 0.717) is 6.07 Å². The van der Waals surface area contributed by atoms with Crippen molar-refractivity contribution in [3.05, 3.63) is 41.2 Å². The summed E-state index contributed by atoms with van der Waals surface area (Å²) in [6, 6.07) is 0.0544. The largest absolute Gasteiger partial charge is 0.493 e. The quantitative estimate of drug-likeness (QED) is 0.587. The molecule has 1 aromatic carbocycles. The Balaban J connectivity index is 2.18. The minimum atomic E-state index is -4.93. The average molecular weight is 512 g/mol. The molecule has 1 saturated heterocycles. The Morgan fingerprint density at radius 2 is 1.86 bits per heavy atom. The second-order valence-corrected chi connectivity index (χ2v) is 8.24. The van der Waals surface area contributed by atoms with Crippen LogP contribution < -0.4 is 10.1 Å². The molecule has 1 aliphatic heterocycles. The van der Waals surface area contributed by atoms with E-state index >= 15 is 0 Å². The molecule has 0 radical (unpaired) electrons. The zero-order chi connectivity index (χ0) is 26.5. The van der Waals surface area contributed by atoms with Crippen LogP contribution >= 0.6 is 0 Å². The van der Waals surface area contributed by atoms with Crippen LogP contribution in [0.1, 0.15) is 30.6 Å². The van der Waals surface area contributed by atoms with Crippen LogP contribution in [0.3, 0.4) is 0 Å². The predicted molar refractivity (Wildman–Crippen MR) is 109 cm³/mol. The van der Waals surface area contributed by atoms with Crippen LogP contribution in [0.4, 0.5) is 36.4 Å². The van der Waals surface area contributed by atoms with Gasteiger partial charge in [-0.25, -0.2) is 9.07 Å². The number of anilines is 1. The molecule has 4 atom stereocenters. The lowest BCUT2D eigenvalue weighted by Gasteiger charge is -2.39. The van der Waals surface area contributed by atoms with Crippen LogP contribution in [-0.2, 0) is 9.53 Å². The first-order chi connectivity index (χ1) is 16.2. The zero-order valence-electron chi connectivity index (χ0n) is 19.3. The smallest absolute Gasteiger partial charge is 0.409 e. The van der Waals surface area contributed by atoms with Crippen molar-refractivity contribution in [3.63, 3.8) is 0 Å². The minimum Gasteiger partial charge on any atom is -0.493 e. The third-order valence-electron chi connectivity index (χ3n) is 6.48. The number of rotatable bonds is 6. The van der Waals surface area contributed by atoms with E-state index < -0.39 is 59.6 Å². The highest BCUT2D eigenvalue weighted by atomic mass is 19.4. The summed E-state index contributed by atoms with van der Waals surface area (Å²) < 4.78 is 108. The lowest BCUT2D eigenvalue weighted by Crippen LogP contribution is -2.59. The highest BCUT2D eigenvalue weighted by Gasteiger charge is 2.69. The van der Waals surface area contributed by atoms with E-state index in [-0.39, 0.29) is 21.6 Å². The number of carbonyl (C=O) groups excluding carboxylic acids is 1. The molecular weight excluding hydrogens is 489 g/mol. The Kier molecular flexibility index (Phi) is 7.10. The summed E-state index contributed by atoms with van der Waals surface area (Å²) in [5, 5.41) is 5.88. The third-order valence-corrected chi connectivity index (χ3v) is 6.48. The highest BCUT2D eigenvalue weighted by molar-refractivity contribution is 5.96. The van der Waals surface area contributed by atoms with Crippen molar-refractivity contribution in [2.24, 2.45) is 0 Å². The monoisotopic (exact) mass is 512 g/mol. The van der Waals surface area contributed by atoms with Crippen LogP contribution in [-0.4, -0.2) is 65.7 Å². The summed E-state index contributed by atoms with van der Waals surface area (Å²) in [5.74, 6) is -5.98. The van der Waals surface area contributed by atoms with Gasteiger partial charge in [-0.15, -0.1) is 0 Å². The van der Waals surface area contributed by atoms with E-state index in [4.69, 9.17) is 9.47 Å². The molecule has 1 amide bonds. The number of nitrogens with one attached hydrogen (secondary N) is 1.